The highest BCUT2D eigenvalue weighted by atomic mass is 19.1. The maximum absolute atomic E-state index is 12.9. The molecule has 0 spiro atoms. The molecule has 0 fully saturated rings. The molecule has 0 aliphatic heterocycles. The van der Waals surface area contributed by atoms with Crippen molar-refractivity contribution in [2.24, 2.45) is 0 Å². The van der Waals surface area contributed by atoms with E-state index >= 15 is 0 Å². The van der Waals surface area contributed by atoms with Gasteiger partial charge < -0.3 is 14.2 Å². The molecular weight excluding hydrogens is 251 g/mol. The Hall–Kier alpha value is -1.46. The van der Waals surface area contributed by atoms with Crippen LogP contribution in [0.15, 0.2) is 18.2 Å². The zero-order chi connectivity index (χ0) is 14.1. The Morgan fingerprint density at radius 2 is 2.00 bits per heavy atom. The Bertz CT molecular complexity index is 406. The molecule has 1 aromatic rings. The van der Waals surface area contributed by atoms with Crippen LogP contribution in [0.2, 0.25) is 0 Å². The monoisotopic (exact) mass is 270 g/mol. The molecule has 0 aliphatic carbocycles. The number of methoxy groups -OCH3 is 1. The first kappa shape index (κ1) is 15.6. The van der Waals surface area contributed by atoms with Crippen LogP contribution < -0.4 is 0 Å². The average molecular weight is 270 g/mol. The van der Waals surface area contributed by atoms with Gasteiger partial charge >= 0.3 is 5.97 Å². The van der Waals surface area contributed by atoms with Crippen molar-refractivity contribution >= 4 is 5.97 Å². The zero-order valence-corrected chi connectivity index (χ0v) is 11.3. The van der Waals surface area contributed by atoms with E-state index < -0.39 is 5.97 Å². The minimum Gasteiger partial charge on any atom is -0.460 e. The lowest BCUT2D eigenvalue weighted by Crippen LogP contribution is -2.12. The first-order valence-electron chi connectivity index (χ1n) is 6.15. The second-order valence-electron chi connectivity index (χ2n) is 4.05. The van der Waals surface area contributed by atoms with E-state index in [0.717, 1.165) is 6.42 Å². The van der Waals surface area contributed by atoms with Crippen LogP contribution in [-0.4, -0.2) is 39.5 Å². The third-order valence-electron chi connectivity index (χ3n) is 2.51. The molecule has 0 atom stereocenters. The van der Waals surface area contributed by atoms with Gasteiger partial charge in [-0.2, -0.15) is 0 Å². The van der Waals surface area contributed by atoms with E-state index in [1.807, 2.05) is 0 Å². The summed E-state index contributed by atoms with van der Waals surface area (Å²) in [5, 5.41) is 0. The molecule has 19 heavy (non-hydrogen) atoms. The molecule has 0 bridgehead atoms. The molecule has 106 valence electrons. The maximum atomic E-state index is 12.9. The molecule has 0 unspecified atom stereocenters. The van der Waals surface area contributed by atoms with Crippen LogP contribution in [0.5, 0.6) is 0 Å². The van der Waals surface area contributed by atoms with Gasteiger partial charge in [0.2, 0.25) is 0 Å². The van der Waals surface area contributed by atoms with Gasteiger partial charge in [-0.25, -0.2) is 9.18 Å². The van der Waals surface area contributed by atoms with Crippen molar-refractivity contribution in [3.63, 3.8) is 0 Å². The van der Waals surface area contributed by atoms with E-state index in [9.17, 15) is 9.18 Å². The highest BCUT2D eigenvalue weighted by Gasteiger charge is 2.10. The number of ether oxygens (including phenoxy) is 3. The Labute approximate surface area is 112 Å². The fraction of sp³-hybridized carbons (Fsp3) is 0.500. The minimum absolute atomic E-state index is 0.183. The van der Waals surface area contributed by atoms with Crippen molar-refractivity contribution in [1.29, 1.82) is 0 Å². The lowest BCUT2D eigenvalue weighted by atomic mass is 10.1. The Morgan fingerprint density at radius 1 is 1.21 bits per heavy atom. The third kappa shape index (κ3) is 5.81. The fourth-order valence-electron chi connectivity index (χ4n) is 1.53. The normalized spacial score (nSPS) is 10.5. The summed E-state index contributed by atoms with van der Waals surface area (Å²) < 4.78 is 28.0. The van der Waals surface area contributed by atoms with Crippen LogP contribution in [0.4, 0.5) is 4.39 Å². The molecule has 0 aliphatic rings. The minimum atomic E-state index is -0.460. The molecule has 0 heterocycles. The van der Waals surface area contributed by atoms with E-state index in [2.05, 4.69) is 0 Å². The van der Waals surface area contributed by atoms with Gasteiger partial charge in [-0.1, -0.05) is 0 Å². The lowest BCUT2D eigenvalue weighted by Gasteiger charge is -2.07. The first-order valence-corrected chi connectivity index (χ1v) is 6.15. The number of aryl methyl sites for hydroxylation is 1. The van der Waals surface area contributed by atoms with Gasteiger partial charge in [-0.3, -0.25) is 0 Å². The van der Waals surface area contributed by atoms with Gasteiger partial charge in [0.1, 0.15) is 12.4 Å². The predicted octanol–water partition coefficient (Wildman–Crippen LogP) is 2.34. The number of hydrogen-bond acceptors (Lipinski definition) is 4. The van der Waals surface area contributed by atoms with Gasteiger partial charge in [0.25, 0.3) is 0 Å². The molecule has 1 rings (SSSR count). The topological polar surface area (TPSA) is 44.8 Å². The van der Waals surface area contributed by atoms with Crippen molar-refractivity contribution in [2.45, 2.75) is 13.3 Å². The van der Waals surface area contributed by atoms with E-state index in [1.165, 1.54) is 18.2 Å². The smallest absolute Gasteiger partial charge is 0.338 e. The predicted molar refractivity (Wildman–Crippen MR) is 68.7 cm³/mol. The summed E-state index contributed by atoms with van der Waals surface area (Å²) in [6.45, 7) is 3.41. The van der Waals surface area contributed by atoms with Gasteiger partial charge in [-0.05, 0) is 37.1 Å². The van der Waals surface area contributed by atoms with Gasteiger partial charge in [0.15, 0.2) is 0 Å². The molecule has 0 saturated heterocycles. The number of rotatable bonds is 8. The van der Waals surface area contributed by atoms with Crippen LogP contribution in [0, 0.1) is 12.7 Å². The highest BCUT2D eigenvalue weighted by Crippen LogP contribution is 2.11. The first-order chi connectivity index (χ1) is 9.15. The average Bonchev–Trinajstić information content (AvgIpc) is 2.37. The summed E-state index contributed by atoms with van der Waals surface area (Å²) >= 11 is 0. The van der Waals surface area contributed by atoms with Crippen molar-refractivity contribution in [3.8, 4) is 0 Å². The second kappa shape index (κ2) is 8.61. The molecule has 5 heteroatoms. The summed E-state index contributed by atoms with van der Waals surface area (Å²) in [5.74, 6) is -0.825. The summed E-state index contributed by atoms with van der Waals surface area (Å²) in [7, 11) is 1.63. The molecule has 0 amide bonds. The van der Waals surface area contributed by atoms with Gasteiger partial charge in [-0.15, -0.1) is 0 Å². The standard InChI is InChI=1S/C14H19FO4/c1-11-10-12(15)4-5-13(11)14(16)19-9-8-18-7-3-6-17-2/h4-5,10H,3,6-9H2,1-2H3. The van der Waals surface area contributed by atoms with Gasteiger partial charge in [0, 0.05) is 20.3 Å². The van der Waals surface area contributed by atoms with E-state index in [-0.39, 0.29) is 12.4 Å². The SMILES string of the molecule is COCCCOCCOC(=O)c1ccc(F)cc1C. The fourth-order valence-corrected chi connectivity index (χ4v) is 1.53. The highest BCUT2D eigenvalue weighted by molar-refractivity contribution is 5.90. The second-order valence-corrected chi connectivity index (χ2v) is 4.05. The summed E-state index contributed by atoms with van der Waals surface area (Å²) in [5.41, 5.74) is 0.937. The van der Waals surface area contributed by atoms with Gasteiger partial charge in [0.05, 0.1) is 12.2 Å². The Kier molecular flexibility index (Phi) is 7.07. The number of esters is 1. The van der Waals surface area contributed by atoms with Crippen LogP contribution in [0.25, 0.3) is 0 Å². The summed E-state index contributed by atoms with van der Waals surface area (Å²) in [4.78, 5) is 11.7. The number of hydrogen-bond donors (Lipinski definition) is 0. The van der Waals surface area contributed by atoms with Crippen LogP contribution in [0.1, 0.15) is 22.3 Å². The largest absolute Gasteiger partial charge is 0.460 e. The van der Waals surface area contributed by atoms with E-state index in [4.69, 9.17) is 14.2 Å². The summed E-state index contributed by atoms with van der Waals surface area (Å²) in [6.07, 6.45) is 0.807. The molecule has 4 nitrogen and oxygen atoms in total. The molecule has 0 radical (unpaired) electrons. The van der Waals surface area contributed by atoms with Crippen molar-refractivity contribution in [1.82, 2.24) is 0 Å². The van der Waals surface area contributed by atoms with Crippen LogP contribution in [-0.2, 0) is 14.2 Å². The van der Waals surface area contributed by atoms with E-state index in [1.54, 1.807) is 14.0 Å². The number of carbonyl (C=O) groups is 1. The van der Waals surface area contributed by atoms with Crippen molar-refractivity contribution in [3.05, 3.63) is 35.1 Å². The lowest BCUT2D eigenvalue weighted by molar-refractivity contribution is 0.0287. The maximum Gasteiger partial charge on any atom is 0.338 e. The zero-order valence-electron chi connectivity index (χ0n) is 11.3. The van der Waals surface area contributed by atoms with Crippen molar-refractivity contribution < 1.29 is 23.4 Å². The number of halogens is 1. The van der Waals surface area contributed by atoms with Crippen LogP contribution >= 0.6 is 0 Å². The third-order valence-corrected chi connectivity index (χ3v) is 2.51. The molecule has 0 N–H and O–H groups in total. The number of benzene rings is 1. The Balaban J connectivity index is 2.24. The Morgan fingerprint density at radius 3 is 2.68 bits per heavy atom. The molecule has 0 saturated carbocycles. The molecule has 1 aromatic carbocycles. The van der Waals surface area contributed by atoms with Crippen LogP contribution in [0.3, 0.4) is 0 Å². The number of carbonyl (C=O) groups excluding carboxylic acids is 1. The van der Waals surface area contributed by atoms with Crippen molar-refractivity contribution in [2.75, 3.05) is 33.5 Å². The molecular formula is C14H19FO4. The van der Waals surface area contributed by atoms with E-state index in [0.29, 0.717) is 30.9 Å². The molecule has 0 aromatic heterocycles. The quantitative estimate of drug-likeness (QED) is 0.537. The summed E-state index contributed by atoms with van der Waals surface area (Å²) in [6, 6.07) is 3.97.